The fraction of sp³-hybridized carbons (Fsp3) is 1.00. The lowest BCUT2D eigenvalue weighted by Gasteiger charge is -2.19. The molecular weight excluding hydrogens is 224 g/mol. The molecule has 0 aromatic heterocycles. The van der Waals surface area contributed by atoms with Crippen molar-refractivity contribution in [3.63, 3.8) is 0 Å². The van der Waals surface area contributed by atoms with Gasteiger partial charge in [-0.05, 0) is 19.4 Å². The molecule has 0 aliphatic carbocycles. The van der Waals surface area contributed by atoms with Crippen LogP contribution in [0, 0.1) is 0 Å². The summed E-state index contributed by atoms with van der Waals surface area (Å²) in [6.07, 6.45) is 1.55. The molecule has 0 unspecified atom stereocenters. The van der Waals surface area contributed by atoms with Crippen molar-refractivity contribution in [1.82, 2.24) is 9.62 Å². The number of rotatable bonds is 9. The van der Waals surface area contributed by atoms with E-state index in [0.29, 0.717) is 25.6 Å². The van der Waals surface area contributed by atoms with Crippen LogP contribution in [-0.2, 0) is 10.0 Å². The molecule has 0 aromatic carbocycles. The van der Waals surface area contributed by atoms with Crippen LogP contribution in [0.2, 0.25) is 0 Å². The number of hydrogen-bond donors (Lipinski definition) is 1. The summed E-state index contributed by atoms with van der Waals surface area (Å²) in [5.41, 5.74) is 0. The van der Waals surface area contributed by atoms with Crippen LogP contribution in [0.3, 0.4) is 0 Å². The lowest BCUT2D eigenvalue weighted by Crippen LogP contribution is -2.35. The predicted octanol–water partition coefficient (Wildman–Crippen LogP) is 1.44. The van der Waals surface area contributed by atoms with Gasteiger partial charge in [0.1, 0.15) is 0 Å². The highest BCUT2D eigenvalue weighted by Crippen LogP contribution is 2.04. The molecule has 0 radical (unpaired) electrons. The molecule has 0 heterocycles. The normalized spacial score (nSPS) is 12.6. The highest BCUT2D eigenvalue weighted by atomic mass is 32.2. The zero-order valence-corrected chi connectivity index (χ0v) is 11.8. The van der Waals surface area contributed by atoms with E-state index in [4.69, 9.17) is 0 Å². The fourth-order valence-electron chi connectivity index (χ4n) is 1.52. The Labute approximate surface area is 100 Å². The number of sulfonamides is 1. The Bertz CT molecular complexity index is 263. The van der Waals surface area contributed by atoms with Crippen molar-refractivity contribution in [2.45, 2.75) is 46.6 Å². The molecule has 16 heavy (non-hydrogen) atoms. The molecule has 0 aromatic rings. The van der Waals surface area contributed by atoms with Gasteiger partial charge in [0.05, 0.1) is 5.75 Å². The van der Waals surface area contributed by atoms with Crippen molar-refractivity contribution in [2.24, 2.45) is 0 Å². The van der Waals surface area contributed by atoms with Gasteiger partial charge >= 0.3 is 0 Å². The topological polar surface area (TPSA) is 49.4 Å². The number of nitrogens with zero attached hydrogens (tertiary/aromatic N) is 1. The first-order chi connectivity index (χ1) is 7.44. The van der Waals surface area contributed by atoms with Gasteiger partial charge in [-0.1, -0.05) is 27.7 Å². The van der Waals surface area contributed by atoms with Gasteiger partial charge in [-0.3, -0.25) is 0 Å². The molecule has 0 spiro atoms. The molecule has 0 amide bonds. The monoisotopic (exact) mass is 250 g/mol. The zero-order valence-electron chi connectivity index (χ0n) is 11.0. The van der Waals surface area contributed by atoms with Crippen LogP contribution in [0.15, 0.2) is 0 Å². The Hall–Kier alpha value is -0.130. The number of nitrogens with one attached hydrogen (secondary N) is 1. The van der Waals surface area contributed by atoms with Crippen molar-refractivity contribution < 1.29 is 8.42 Å². The average molecular weight is 250 g/mol. The molecule has 0 saturated heterocycles. The summed E-state index contributed by atoms with van der Waals surface area (Å²) >= 11 is 0. The molecular formula is C11H26N2O2S. The van der Waals surface area contributed by atoms with Gasteiger partial charge in [-0.2, -0.15) is 0 Å². The summed E-state index contributed by atoms with van der Waals surface area (Å²) in [5, 5.41) is 3.22. The first kappa shape index (κ1) is 15.9. The maximum Gasteiger partial charge on any atom is 0.214 e. The Morgan fingerprint density at radius 2 is 1.88 bits per heavy atom. The van der Waals surface area contributed by atoms with E-state index in [-0.39, 0.29) is 5.75 Å². The molecule has 0 atom stereocenters. The van der Waals surface area contributed by atoms with E-state index in [0.717, 1.165) is 13.0 Å². The van der Waals surface area contributed by atoms with E-state index in [1.54, 1.807) is 4.31 Å². The summed E-state index contributed by atoms with van der Waals surface area (Å²) in [6.45, 7) is 9.98. The zero-order chi connectivity index (χ0) is 12.6. The highest BCUT2D eigenvalue weighted by Gasteiger charge is 2.18. The minimum Gasteiger partial charge on any atom is -0.314 e. The molecule has 0 saturated carbocycles. The predicted molar refractivity (Wildman–Crippen MR) is 69.1 cm³/mol. The van der Waals surface area contributed by atoms with Crippen LogP contribution < -0.4 is 5.32 Å². The van der Waals surface area contributed by atoms with Gasteiger partial charge < -0.3 is 5.32 Å². The van der Waals surface area contributed by atoms with Gasteiger partial charge in [0, 0.05) is 19.1 Å². The Kier molecular flexibility index (Phi) is 7.97. The third-order valence-corrected chi connectivity index (χ3v) is 4.38. The van der Waals surface area contributed by atoms with Crippen LogP contribution in [0.1, 0.15) is 40.5 Å². The molecule has 4 nitrogen and oxygen atoms in total. The smallest absolute Gasteiger partial charge is 0.214 e. The second kappa shape index (κ2) is 8.03. The lowest BCUT2D eigenvalue weighted by atomic mass is 10.4. The second-order valence-electron chi connectivity index (χ2n) is 4.27. The van der Waals surface area contributed by atoms with Gasteiger partial charge in [0.15, 0.2) is 0 Å². The maximum atomic E-state index is 11.9. The largest absolute Gasteiger partial charge is 0.314 e. The molecule has 1 N–H and O–H groups in total. The maximum absolute atomic E-state index is 11.9. The van der Waals surface area contributed by atoms with Crippen molar-refractivity contribution in [3.05, 3.63) is 0 Å². The van der Waals surface area contributed by atoms with E-state index in [2.05, 4.69) is 19.2 Å². The Morgan fingerprint density at radius 3 is 2.31 bits per heavy atom. The molecule has 0 bridgehead atoms. The summed E-state index contributed by atoms with van der Waals surface area (Å²) in [5.74, 6) is 0.251. The SMILES string of the molecule is CCCN(CC)S(=O)(=O)CCCNC(C)C. The molecule has 0 rings (SSSR count). The molecule has 0 aliphatic rings. The minimum absolute atomic E-state index is 0.251. The second-order valence-corrected chi connectivity index (χ2v) is 6.36. The fourth-order valence-corrected chi connectivity index (χ4v) is 3.14. The minimum atomic E-state index is -3.04. The average Bonchev–Trinajstić information content (AvgIpc) is 2.20. The van der Waals surface area contributed by atoms with Crippen LogP contribution in [-0.4, -0.2) is 44.2 Å². The summed E-state index contributed by atoms with van der Waals surface area (Å²) in [4.78, 5) is 0. The first-order valence-electron chi connectivity index (χ1n) is 6.15. The van der Waals surface area contributed by atoms with Crippen LogP contribution in [0.25, 0.3) is 0 Å². The van der Waals surface area contributed by atoms with E-state index in [1.165, 1.54) is 0 Å². The Morgan fingerprint density at radius 1 is 1.25 bits per heavy atom. The lowest BCUT2D eigenvalue weighted by molar-refractivity contribution is 0.425. The van der Waals surface area contributed by atoms with E-state index in [9.17, 15) is 8.42 Å². The van der Waals surface area contributed by atoms with Crippen molar-refractivity contribution in [3.8, 4) is 0 Å². The third kappa shape index (κ3) is 6.45. The van der Waals surface area contributed by atoms with Gasteiger partial charge in [0.25, 0.3) is 0 Å². The summed E-state index contributed by atoms with van der Waals surface area (Å²) < 4.78 is 25.4. The first-order valence-corrected chi connectivity index (χ1v) is 7.76. The molecule has 5 heteroatoms. The van der Waals surface area contributed by atoms with Crippen LogP contribution in [0.4, 0.5) is 0 Å². The van der Waals surface area contributed by atoms with E-state index in [1.807, 2.05) is 13.8 Å². The van der Waals surface area contributed by atoms with Crippen LogP contribution >= 0.6 is 0 Å². The number of hydrogen-bond acceptors (Lipinski definition) is 3. The van der Waals surface area contributed by atoms with Crippen molar-refractivity contribution >= 4 is 10.0 Å². The molecule has 98 valence electrons. The molecule has 0 aliphatic heterocycles. The quantitative estimate of drug-likeness (QED) is 0.630. The van der Waals surface area contributed by atoms with E-state index < -0.39 is 10.0 Å². The van der Waals surface area contributed by atoms with Gasteiger partial charge in [-0.25, -0.2) is 12.7 Å². The highest BCUT2D eigenvalue weighted by molar-refractivity contribution is 7.89. The summed E-state index contributed by atoms with van der Waals surface area (Å²) in [7, 11) is -3.04. The van der Waals surface area contributed by atoms with Crippen LogP contribution in [0.5, 0.6) is 0 Å². The molecule has 0 fully saturated rings. The van der Waals surface area contributed by atoms with Crippen molar-refractivity contribution in [1.29, 1.82) is 0 Å². The standard InChI is InChI=1S/C11H26N2O2S/c1-5-9-13(6-2)16(14,15)10-7-8-12-11(3)4/h11-12H,5-10H2,1-4H3. The van der Waals surface area contributed by atoms with Gasteiger partial charge in [-0.15, -0.1) is 0 Å². The Balaban J connectivity index is 4.02. The van der Waals surface area contributed by atoms with Gasteiger partial charge in [0.2, 0.25) is 10.0 Å². The summed E-state index contributed by atoms with van der Waals surface area (Å²) in [6, 6.07) is 0.417. The van der Waals surface area contributed by atoms with Crippen molar-refractivity contribution in [2.75, 3.05) is 25.4 Å². The third-order valence-electron chi connectivity index (χ3n) is 2.35. The van der Waals surface area contributed by atoms with E-state index >= 15 is 0 Å².